The molecule has 31 heavy (non-hydrogen) atoms. The van der Waals surface area contributed by atoms with Crippen LogP contribution in [-0.4, -0.2) is 40.4 Å². The minimum Gasteiger partial charge on any atom is -0.506 e. The largest absolute Gasteiger partial charge is 0.506 e. The Kier molecular flexibility index (Phi) is 7.38. The SMILES string of the molecule is CCOC(=O)C1=C(O)/C(=C\c2ccc(OCC(=O)O)cc2)SC1=Nc1ccc(Cl)cc1. The number of carbonyl (C=O) groups is 2. The van der Waals surface area contributed by atoms with Gasteiger partial charge in [-0.25, -0.2) is 14.6 Å². The number of carboxylic acids is 1. The Morgan fingerprint density at radius 2 is 1.81 bits per heavy atom. The van der Waals surface area contributed by atoms with Crippen molar-refractivity contribution in [2.45, 2.75) is 6.92 Å². The molecule has 2 aromatic rings. The lowest BCUT2D eigenvalue weighted by Gasteiger charge is -2.04. The molecule has 2 N–H and O–H groups in total. The zero-order valence-corrected chi connectivity index (χ0v) is 17.9. The van der Waals surface area contributed by atoms with E-state index in [1.165, 1.54) is 0 Å². The lowest BCUT2D eigenvalue weighted by Crippen LogP contribution is -2.12. The Hall–Kier alpha value is -3.23. The van der Waals surface area contributed by atoms with Crippen LogP contribution in [0.1, 0.15) is 12.5 Å². The maximum absolute atomic E-state index is 12.4. The molecule has 0 amide bonds. The van der Waals surface area contributed by atoms with Crippen molar-refractivity contribution < 1.29 is 29.3 Å². The number of carboxylic acid groups (broad SMARTS) is 1. The van der Waals surface area contributed by atoms with Crippen LogP contribution in [0.5, 0.6) is 5.75 Å². The van der Waals surface area contributed by atoms with Gasteiger partial charge in [0.15, 0.2) is 6.61 Å². The number of halogens is 1. The Balaban J connectivity index is 1.91. The molecule has 0 atom stereocenters. The molecule has 1 heterocycles. The van der Waals surface area contributed by atoms with Gasteiger partial charge in [0, 0.05) is 5.02 Å². The summed E-state index contributed by atoms with van der Waals surface area (Å²) >= 11 is 7.04. The van der Waals surface area contributed by atoms with Crippen molar-refractivity contribution in [2.24, 2.45) is 4.99 Å². The number of benzene rings is 2. The molecule has 1 aliphatic heterocycles. The monoisotopic (exact) mass is 459 g/mol. The van der Waals surface area contributed by atoms with Gasteiger partial charge in [0.25, 0.3) is 0 Å². The molecular formula is C22H18ClNO6S. The van der Waals surface area contributed by atoms with E-state index in [1.54, 1.807) is 61.5 Å². The first-order valence-corrected chi connectivity index (χ1v) is 10.4. The Morgan fingerprint density at radius 3 is 2.42 bits per heavy atom. The lowest BCUT2D eigenvalue weighted by molar-refractivity contribution is -0.139. The maximum atomic E-state index is 12.4. The average Bonchev–Trinajstić information content (AvgIpc) is 3.04. The topological polar surface area (TPSA) is 105 Å². The Bertz CT molecular complexity index is 1070. The summed E-state index contributed by atoms with van der Waals surface area (Å²) in [6, 6.07) is 13.4. The van der Waals surface area contributed by atoms with Gasteiger partial charge in [-0.1, -0.05) is 35.5 Å². The van der Waals surface area contributed by atoms with Crippen LogP contribution in [0, 0.1) is 0 Å². The third kappa shape index (κ3) is 5.90. The number of aliphatic carboxylic acids is 1. The highest BCUT2D eigenvalue weighted by Gasteiger charge is 2.33. The van der Waals surface area contributed by atoms with Crippen LogP contribution in [0.25, 0.3) is 6.08 Å². The molecule has 0 aliphatic carbocycles. The van der Waals surface area contributed by atoms with Crippen LogP contribution in [0.4, 0.5) is 5.69 Å². The standard InChI is InChI=1S/C22H18ClNO6S/c1-2-29-22(28)19-20(27)17(31-21(19)24-15-7-5-14(23)6-8-15)11-13-3-9-16(10-4-13)30-12-18(25)26/h3-11,27H,2,12H2,1H3,(H,25,26)/b17-11+,24-21?. The molecule has 0 saturated carbocycles. The normalized spacial score (nSPS) is 16.1. The van der Waals surface area contributed by atoms with Crippen molar-refractivity contribution >= 4 is 52.1 Å². The molecule has 9 heteroatoms. The van der Waals surface area contributed by atoms with Crippen LogP contribution in [-0.2, 0) is 14.3 Å². The molecule has 2 aromatic carbocycles. The summed E-state index contributed by atoms with van der Waals surface area (Å²) < 4.78 is 10.2. The van der Waals surface area contributed by atoms with Crippen molar-refractivity contribution in [2.75, 3.05) is 13.2 Å². The number of thioether (sulfide) groups is 1. The van der Waals surface area contributed by atoms with E-state index in [2.05, 4.69) is 4.99 Å². The number of hydrogen-bond acceptors (Lipinski definition) is 7. The van der Waals surface area contributed by atoms with Crippen molar-refractivity contribution in [3.63, 3.8) is 0 Å². The predicted molar refractivity (Wildman–Crippen MR) is 120 cm³/mol. The third-order valence-electron chi connectivity index (χ3n) is 3.97. The van der Waals surface area contributed by atoms with Crippen LogP contribution in [0.15, 0.2) is 69.8 Å². The second-order valence-electron chi connectivity index (χ2n) is 6.20. The molecule has 0 radical (unpaired) electrons. The number of hydrogen-bond donors (Lipinski definition) is 2. The summed E-state index contributed by atoms with van der Waals surface area (Å²) in [6.45, 7) is 1.40. The first-order chi connectivity index (χ1) is 14.9. The van der Waals surface area contributed by atoms with Crippen molar-refractivity contribution in [3.8, 4) is 5.75 Å². The molecule has 0 fully saturated rings. The Morgan fingerprint density at radius 1 is 1.13 bits per heavy atom. The highest BCUT2D eigenvalue weighted by Crippen LogP contribution is 2.40. The summed E-state index contributed by atoms with van der Waals surface area (Å²) in [5, 5.41) is 20.2. The minimum absolute atomic E-state index is 0.00513. The quantitative estimate of drug-likeness (QED) is 0.561. The minimum atomic E-state index is -1.07. The first kappa shape index (κ1) is 22.5. The predicted octanol–water partition coefficient (Wildman–Crippen LogP) is 5.00. The number of aliphatic imine (C=N–C) groups is 1. The van der Waals surface area contributed by atoms with E-state index in [9.17, 15) is 14.7 Å². The molecule has 7 nitrogen and oxygen atoms in total. The summed E-state index contributed by atoms with van der Waals surface area (Å²) in [6.07, 6.45) is 1.69. The van der Waals surface area contributed by atoms with E-state index in [1.807, 2.05) is 0 Å². The summed E-state index contributed by atoms with van der Waals surface area (Å²) in [7, 11) is 0. The maximum Gasteiger partial charge on any atom is 0.344 e. The van der Waals surface area contributed by atoms with Gasteiger partial charge < -0.3 is 19.7 Å². The van der Waals surface area contributed by atoms with Gasteiger partial charge in [-0.2, -0.15) is 0 Å². The van der Waals surface area contributed by atoms with Crippen LogP contribution in [0.3, 0.4) is 0 Å². The number of nitrogens with zero attached hydrogens (tertiary/aromatic N) is 1. The number of rotatable bonds is 7. The third-order valence-corrected chi connectivity index (χ3v) is 5.24. The van der Waals surface area contributed by atoms with Gasteiger partial charge in [0.05, 0.1) is 17.2 Å². The van der Waals surface area contributed by atoms with Crippen molar-refractivity contribution in [1.29, 1.82) is 0 Å². The highest BCUT2D eigenvalue weighted by molar-refractivity contribution is 8.18. The fourth-order valence-corrected chi connectivity index (χ4v) is 3.74. The molecule has 0 bridgehead atoms. The molecule has 0 saturated heterocycles. The molecule has 0 aromatic heterocycles. The van der Waals surface area contributed by atoms with Gasteiger partial charge in [-0.3, -0.25) is 0 Å². The second kappa shape index (κ2) is 10.2. The molecule has 1 aliphatic rings. The fourth-order valence-electron chi connectivity index (χ4n) is 2.58. The fraction of sp³-hybridized carbons (Fsp3) is 0.136. The van der Waals surface area contributed by atoms with Crippen LogP contribution >= 0.6 is 23.4 Å². The van der Waals surface area contributed by atoms with Gasteiger partial charge in [-0.05, 0) is 55.0 Å². The highest BCUT2D eigenvalue weighted by atomic mass is 35.5. The van der Waals surface area contributed by atoms with E-state index in [0.29, 0.717) is 32.0 Å². The number of aliphatic hydroxyl groups is 1. The molecule has 3 rings (SSSR count). The van der Waals surface area contributed by atoms with Gasteiger partial charge >= 0.3 is 11.9 Å². The van der Waals surface area contributed by atoms with E-state index in [-0.39, 0.29) is 17.9 Å². The molecule has 0 spiro atoms. The first-order valence-electron chi connectivity index (χ1n) is 9.17. The van der Waals surface area contributed by atoms with E-state index in [0.717, 1.165) is 11.8 Å². The second-order valence-corrected chi connectivity index (χ2v) is 7.67. The number of ether oxygens (including phenoxy) is 2. The smallest absolute Gasteiger partial charge is 0.344 e. The van der Waals surface area contributed by atoms with Gasteiger partial charge in [-0.15, -0.1) is 0 Å². The molecule has 160 valence electrons. The van der Waals surface area contributed by atoms with Gasteiger partial charge in [0.2, 0.25) is 0 Å². The summed E-state index contributed by atoms with van der Waals surface area (Å²) in [4.78, 5) is 27.9. The lowest BCUT2D eigenvalue weighted by atomic mass is 10.1. The van der Waals surface area contributed by atoms with E-state index in [4.69, 9.17) is 26.2 Å². The zero-order valence-electron chi connectivity index (χ0n) is 16.4. The zero-order chi connectivity index (χ0) is 22.4. The van der Waals surface area contributed by atoms with E-state index < -0.39 is 18.5 Å². The number of carbonyl (C=O) groups excluding carboxylic acids is 1. The van der Waals surface area contributed by atoms with Crippen LogP contribution < -0.4 is 4.74 Å². The van der Waals surface area contributed by atoms with E-state index >= 15 is 0 Å². The summed E-state index contributed by atoms with van der Waals surface area (Å²) in [5.41, 5.74) is 1.28. The molecule has 0 unspecified atom stereocenters. The summed E-state index contributed by atoms with van der Waals surface area (Å²) in [5.74, 6) is -1.55. The number of aliphatic hydroxyl groups excluding tert-OH is 1. The number of esters is 1. The average molecular weight is 460 g/mol. The molecular weight excluding hydrogens is 442 g/mol. The van der Waals surface area contributed by atoms with Gasteiger partial charge in [0.1, 0.15) is 22.1 Å². The van der Waals surface area contributed by atoms with Crippen molar-refractivity contribution in [1.82, 2.24) is 0 Å². The van der Waals surface area contributed by atoms with Crippen LogP contribution in [0.2, 0.25) is 5.02 Å². The Labute approximate surface area is 187 Å². The van der Waals surface area contributed by atoms with Crippen molar-refractivity contribution in [3.05, 3.63) is 75.4 Å².